The van der Waals surface area contributed by atoms with E-state index >= 15 is 0 Å². The molecule has 10 aromatic rings. The fraction of sp³-hybridized carbons (Fsp3) is 0. The van der Waals surface area contributed by atoms with Crippen LogP contribution >= 0.6 is 0 Å². The number of hydrogen-bond acceptors (Lipinski definition) is 0. The lowest BCUT2D eigenvalue weighted by Gasteiger charge is -2.20. The normalized spacial score (nSPS) is 11.8. The smallest absolute Gasteiger partial charge is 0.00201 e. The molecule has 0 spiro atoms. The molecule has 0 saturated carbocycles. The van der Waals surface area contributed by atoms with Crippen LogP contribution in [0.1, 0.15) is 0 Å². The molecular weight excluding hydrogens is 625 g/mol. The van der Waals surface area contributed by atoms with E-state index in [9.17, 15) is 0 Å². The third-order valence-corrected chi connectivity index (χ3v) is 11.2. The van der Waals surface area contributed by atoms with Crippen molar-refractivity contribution in [3.63, 3.8) is 0 Å². The lowest BCUT2D eigenvalue weighted by Crippen LogP contribution is -1.93. The molecule has 0 fully saturated rings. The molecule has 1 aliphatic carbocycles. The van der Waals surface area contributed by atoms with Gasteiger partial charge in [0.2, 0.25) is 0 Å². The van der Waals surface area contributed by atoms with Gasteiger partial charge in [0.05, 0.1) is 0 Å². The van der Waals surface area contributed by atoms with Gasteiger partial charge < -0.3 is 0 Å². The summed E-state index contributed by atoms with van der Waals surface area (Å²) in [6, 6.07) is 71.8. The van der Waals surface area contributed by atoms with Crippen LogP contribution in [0.25, 0.3) is 110 Å². The number of fused-ring (bicyclic) bond motifs is 8. The molecule has 0 heteroatoms. The molecule has 0 heterocycles. The zero-order valence-electron chi connectivity index (χ0n) is 28.5. The minimum Gasteiger partial charge on any atom is -0.0616 e. The first-order chi connectivity index (χ1) is 25.8. The number of rotatable bonds is 3. The van der Waals surface area contributed by atoms with E-state index in [0.29, 0.717) is 0 Å². The summed E-state index contributed by atoms with van der Waals surface area (Å²) in [5.74, 6) is 0. The van der Waals surface area contributed by atoms with Gasteiger partial charge in [-0.15, -0.1) is 0 Å². The molecule has 1 aliphatic rings. The van der Waals surface area contributed by atoms with E-state index in [-0.39, 0.29) is 0 Å². The molecule has 52 heavy (non-hydrogen) atoms. The van der Waals surface area contributed by atoms with Crippen molar-refractivity contribution in [1.82, 2.24) is 0 Å². The van der Waals surface area contributed by atoms with Gasteiger partial charge in [-0.25, -0.2) is 0 Å². The lowest BCUT2D eigenvalue weighted by atomic mass is 9.83. The summed E-state index contributed by atoms with van der Waals surface area (Å²) in [6.07, 6.45) is 0. The molecule has 11 rings (SSSR count). The molecule has 10 aromatic carbocycles. The Morgan fingerprint density at radius 2 is 0.577 bits per heavy atom. The summed E-state index contributed by atoms with van der Waals surface area (Å²) in [5, 5.41) is 10.2. The first-order valence-corrected chi connectivity index (χ1v) is 18.1. The monoisotopic (exact) mass is 656 g/mol. The average molecular weight is 657 g/mol. The predicted octanol–water partition coefficient (Wildman–Crippen LogP) is 14.6. The maximum atomic E-state index is 2.38. The molecular formula is C52H32. The van der Waals surface area contributed by atoms with E-state index in [0.717, 1.165) is 0 Å². The Bertz CT molecular complexity index is 2940. The Kier molecular flexibility index (Phi) is 6.35. The average Bonchev–Trinajstić information content (AvgIpc) is 3.34. The predicted molar refractivity (Wildman–Crippen MR) is 223 cm³/mol. The minimum atomic E-state index is 1.23. The second-order valence-corrected chi connectivity index (χ2v) is 13.9. The quantitative estimate of drug-likeness (QED) is 0.166. The zero-order valence-corrected chi connectivity index (χ0v) is 28.5. The van der Waals surface area contributed by atoms with Crippen LogP contribution in [0, 0.1) is 0 Å². The van der Waals surface area contributed by atoms with Crippen LogP contribution in [0.4, 0.5) is 0 Å². The first kappa shape index (κ1) is 29.0. The van der Waals surface area contributed by atoms with Gasteiger partial charge in [-0.05, 0) is 110 Å². The zero-order chi connectivity index (χ0) is 34.2. The van der Waals surface area contributed by atoms with Crippen molar-refractivity contribution >= 4 is 43.1 Å². The molecule has 0 N–H and O–H groups in total. The van der Waals surface area contributed by atoms with Crippen molar-refractivity contribution in [2.45, 2.75) is 0 Å². The van der Waals surface area contributed by atoms with E-state index in [1.807, 2.05) is 0 Å². The van der Waals surface area contributed by atoms with Crippen molar-refractivity contribution in [3.05, 3.63) is 194 Å². The van der Waals surface area contributed by atoms with Crippen molar-refractivity contribution < 1.29 is 0 Å². The second-order valence-electron chi connectivity index (χ2n) is 13.9. The Labute approximate surface area is 302 Å². The summed E-state index contributed by atoms with van der Waals surface area (Å²) < 4.78 is 0. The maximum Gasteiger partial charge on any atom is -0.00201 e. The molecule has 240 valence electrons. The van der Waals surface area contributed by atoms with Gasteiger partial charge in [-0.2, -0.15) is 0 Å². The maximum absolute atomic E-state index is 2.38. The molecule has 0 radical (unpaired) electrons. The summed E-state index contributed by atoms with van der Waals surface area (Å²) in [4.78, 5) is 0. The van der Waals surface area contributed by atoms with Crippen LogP contribution in [0.2, 0.25) is 0 Å². The molecule has 0 unspecified atom stereocenters. The van der Waals surface area contributed by atoms with Crippen molar-refractivity contribution in [2.75, 3.05) is 0 Å². The van der Waals surface area contributed by atoms with Crippen molar-refractivity contribution in [2.24, 2.45) is 0 Å². The van der Waals surface area contributed by atoms with E-state index in [1.165, 1.54) is 110 Å². The van der Waals surface area contributed by atoms with Crippen molar-refractivity contribution in [1.29, 1.82) is 0 Å². The van der Waals surface area contributed by atoms with E-state index < -0.39 is 0 Å². The highest BCUT2D eigenvalue weighted by molar-refractivity contribution is 6.26. The van der Waals surface area contributed by atoms with Gasteiger partial charge in [-0.1, -0.05) is 194 Å². The molecule has 0 atom stereocenters. The topological polar surface area (TPSA) is 0 Å². The van der Waals surface area contributed by atoms with Gasteiger partial charge in [-0.3, -0.25) is 0 Å². The van der Waals surface area contributed by atoms with Crippen LogP contribution in [-0.4, -0.2) is 0 Å². The number of benzene rings is 10. The van der Waals surface area contributed by atoms with E-state index in [4.69, 9.17) is 0 Å². The number of hydrogen-bond donors (Lipinski definition) is 0. The van der Waals surface area contributed by atoms with Gasteiger partial charge >= 0.3 is 0 Å². The van der Waals surface area contributed by atoms with Gasteiger partial charge in [0.1, 0.15) is 0 Å². The summed E-state index contributed by atoms with van der Waals surface area (Å²) in [5.41, 5.74) is 15.3. The van der Waals surface area contributed by atoms with Gasteiger partial charge in [0, 0.05) is 0 Å². The highest BCUT2D eigenvalue weighted by Gasteiger charge is 2.24. The molecule has 0 amide bonds. The Morgan fingerprint density at radius 3 is 1.21 bits per heavy atom. The van der Waals surface area contributed by atoms with Crippen LogP contribution in [0.5, 0.6) is 0 Å². The standard InChI is InChI=1S/C52H32/c1-2-15-36-33(13-1)14-11-24-37(36)34-27-29-35(30-28-34)50-43-20-7-9-22-45(43)52(46-23-10-8-21-44(46)50)49-32-31-48-41-19-6-4-17-39(41)38-16-3-5-18-40(38)42-25-12-26-47(49)51(42)48/h1-32H. The van der Waals surface area contributed by atoms with E-state index in [2.05, 4.69) is 194 Å². The SMILES string of the molecule is c1ccc2c(c1)-c1ccccc1-c1ccc(-c3c4ccccc4c(-c4ccc(-c5cccc6ccccc56)cc4)c4ccccc34)c3cccc-2c13. The first-order valence-electron chi connectivity index (χ1n) is 18.1. The highest BCUT2D eigenvalue weighted by atomic mass is 14.3. The van der Waals surface area contributed by atoms with Gasteiger partial charge in [0.15, 0.2) is 0 Å². The highest BCUT2D eigenvalue weighted by Crippen LogP contribution is 2.51. The largest absolute Gasteiger partial charge is 0.0616 e. The lowest BCUT2D eigenvalue weighted by molar-refractivity contribution is 1.62. The molecule has 0 nitrogen and oxygen atoms in total. The summed E-state index contributed by atoms with van der Waals surface area (Å²) >= 11 is 0. The fourth-order valence-corrected chi connectivity index (χ4v) is 9.00. The Morgan fingerprint density at radius 1 is 0.192 bits per heavy atom. The molecule has 0 aromatic heterocycles. The van der Waals surface area contributed by atoms with Crippen molar-refractivity contribution in [3.8, 4) is 66.8 Å². The third kappa shape index (κ3) is 4.22. The molecule has 0 bridgehead atoms. The van der Waals surface area contributed by atoms with Crippen LogP contribution in [0.15, 0.2) is 194 Å². The van der Waals surface area contributed by atoms with Crippen LogP contribution < -0.4 is 0 Å². The van der Waals surface area contributed by atoms with E-state index in [1.54, 1.807) is 0 Å². The summed E-state index contributed by atoms with van der Waals surface area (Å²) in [6.45, 7) is 0. The Hall–Kier alpha value is -6.76. The summed E-state index contributed by atoms with van der Waals surface area (Å²) in [7, 11) is 0. The molecule has 0 aliphatic heterocycles. The second kappa shape index (κ2) is 11.4. The van der Waals surface area contributed by atoms with Gasteiger partial charge in [0.25, 0.3) is 0 Å². The minimum absolute atomic E-state index is 1.23. The third-order valence-electron chi connectivity index (χ3n) is 11.2. The molecule has 0 saturated heterocycles. The van der Waals surface area contributed by atoms with Crippen LogP contribution in [0.3, 0.4) is 0 Å². The van der Waals surface area contributed by atoms with Crippen LogP contribution in [-0.2, 0) is 0 Å². The Balaban J connectivity index is 1.17. The fourth-order valence-electron chi connectivity index (χ4n) is 9.00.